The van der Waals surface area contributed by atoms with E-state index in [4.69, 9.17) is 4.74 Å². The second-order valence-electron chi connectivity index (χ2n) is 5.73. The van der Waals surface area contributed by atoms with Crippen molar-refractivity contribution in [2.24, 2.45) is 0 Å². The van der Waals surface area contributed by atoms with Gasteiger partial charge < -0.3 is 9.84 Å². The molecule has 6 nitrogen and oxygen atoms in total. The van der Waals surface area contributed by atoms with Gasteiger partial charge in [0.05, 0.1) is 25.5 Å². The minimum absolute atomic E-state index is 0.0133. The Morgan fingerprint density at radius 3 is 3.05 bits per heavy atom. The number of β-amino-alcohol motifs (C(OH)–C–C–N with tert-alkyl or cyclic N) is 1. The van der Waals surface area contributed by atoms with Gasteiger partial charge in [0.25, 0.3) is 0 Å². The van der Waals surface area contributed by atoms with E-state index in [1.54, 1.807) is 18.0 Å². The van der Waals surface area contributed by atoms with Crippen LogP contribution < -0.4 is 4.74 Å². The molecule has 0 radical (unpaired) electrons. The molecule has 1 N–H and O–H groups in total. The molecule has 1 aromatic heterocycles. The highest BCUT2D eigenvalue weighted by Gasteiger charge is 2.32. The van der Waals surface area contributed by atoms with Crippen LogP contribution in [0.25, 0.3) is 0 Å². The maximum Gasteiger partial charge on any atom is 0.119 e. The molecule has 0 unspecified atom stereocenters. The highest BCUT2D eigenvalue weighted by atomic mass is 16.5. The van der Waals surface area contributed by atoms with Crippen molar-refractivity contribution in [2.45, 2.75) is 25.0 Å². The second-order valence-corrected chi connectivity index (χ2v) is 5.73. The summed E-state index contributed by atoms with van der Waals surface area (Å²) < 4.78 is 7.00. The Kier molecular flexibility index (Phi) is 4.70. The van der Waals surface area contributed by atoms with Crippen molar-refractivity contribution in [3.05, 3.63) is 42.2 Å². The molecule has 2 aromatic rings. The molecule has 2 atom stereocenters. The zero-order valence-electron chi connectivity index (χ0n) is 12.8. The van der Waals surface area contributed by atoms with E-state index >= 15 is 0 Å². The molecule has 3 rings (SSSR count). The van der Waals surface area contributed by atoms with Crippen LogP contribution in [0.1, 0.15) is 18.0 Å². The van der Waals surface area contributed by atoms with E-state index < -0.39 is 0 Å². The highest BCUT2D eigenvalue weighted by Crippen LogP contribution is 2.21. The van der Waals surface area contributed by atoms with Gasteiger partial charge in [-0.25, -0.2) is 4.68 Å². The Labute approximate surface area is 130 Å². The Hall–Kier alpha value is -1.92. The molecule has 118 valence electrons. The van der Waals surface area contributed by atoms with Crippen molar-refractivity contribution >= 4 is 0 Å². The number of aromatic nitrogens is 3. The number of hydrogen-bond acceptors (Lipinski definition) is 5. The number of ether oxygens (including phenoxy) is 1. The summed E-state index contributed by atoms with van der Waals surface area (Å²) in [6.07, 6.45) is 5.16. The van der Waals surface area contributed by atoms with Gasteiger partial charge in [0.2, 0.25) is 0 Å². The highest BCUT2D eigenvalue weighted by molar-refractivity contribution is 5.28. The lowest BCUT2D eigenvalue weighted by atomic mass is 10.1. The third kappa shape index (κ3) is 3.45. The number of benzene rings is 1. The molecule has 6 heteroatoms. The van der Waals surface area contributed by atoms with Crippen LogP contribution in [-0.2, 0) is 6.42 Å². The molecule has 0 bridgehead atoms. The first-order chi connectivity index (χ1) is 10.8. The van der Waals surface area contributed by atoms with Crippen molar-refractivity contribution in [3.8, 4) is 5.75 Å². The van der Waals surface area contributed by atoms with Gasteiger partial charge >= 0.3 is 0 Å². The van der Waals surface area contributed by atoms with Gasteiger partial charge in [0.1, 0.15) is 5.75 Å². The van der Waals surface area contributed by atoms with Gasteiger partial charge in [0.15, 0.2) is 0 Å². The first-order valence-corrected chi connectivity index (χ1v) is 7.65. The van der Waals surface area contributed by atoms with Crippen LogP contribution in [0.2, 0.25) is 0 Å². The van der Waals surface area contributed by atoms with Gasteiger partial charge in [-0.3, -0.25) is 4.90 Å². The fourth-order valence-corrected chi connectivity index (χ4v) is 3.02. The molecule has 1 aromatic carbocycles. The molecule has 1 fully saturated rings. The lowest BCUT2D eigenvalue weighted by Gasteiger charge is -2.15. The van der Waals surface area contributed by atoms with Crippen molar-refractivity contribution in [3.63, 3.8) is 0 Å². The van der Waals surface area contributed by atoms with Crippen molar-refractivity contribution in [2.75, 3.05) is 26.7 Å². The van der Waals surface area contributed by atoms with E-state index in [1.165, 1.54) is 5.56 Å². The SMILES string of the molecule is COc1cccc(CCCN2C[C@@H](O)[C@H](n3ccnn3)C2)c1. The molecule has 1 saturated heterocycles. The van der Waals surface area contributed by atoms with Crippen molar-refractivity contribution < 1.29 is 9.84 Å². The number of aliphatic hydroxyl groups excluding tert-OH is 1. The second kappa shape index (κ2) is 6.89. The van der Waals surface area contributed by atoms with E-state index in [0.717, 1.165) is 31.7 Å². The quantitative estimate of drug-likeness (QED) is 0.867. The average Bonchev–Trinajstić information content (AvgIpc) is 3.17. The smallest absolute Gasteiger partial charge is 0.119 e. The first kappa shape index (κ1) is 15.0. The molecule has 0 amide bonds. The number of aliphatic hydroxyl groups is 1. The predicted octanol–water partition coefficient (Wildman–Crippen LogP) is 1.14. The summed E-state index contributed by atoms with van der Waals surface area (Å²) in [5.41, 5.74) is 1.28. The molecule has 1 aliphatic rings. The summed E-state index contributed by atoms with van der Waals surface area (Å²) in [6, 6.07) is 8.20. The van der Waals surface area contributed by atoms with Gasteiger partial charge in [-0.2, -0.15) is 0 Å². The number of methoxy groups -OCH3 is 1. The topological polar surface area (TPSA) is 63.4 Å². The minimum Gasteiger partial charge on any atom is -0.497 e. The number of rotatable bonds is 6. The van der Waals surface area contributed by atoms with Crippen LogP contribution in [0.3, 0.4) is 0 Å². The Morgan fingerprint density at radius 1 is 1.36 bits per heavy atom. The van der Waals surface area contributed by atoms with Crippen LogP contribution in [0.15, 0.2) is 36.7 Å². The van der Waals surface area contributed by atoms with E-state index in [9.17, 15) is 5.11 Å². The monoisotopic (exact) mass is 302 g/mol. The molecule has 22 heavy (non-hydrogen) atoms. The fraction of sp³-hybridized carbons (Fsp3) is 0.500. The maximum absolute atomic E-state index is 10.2. The molecule has 0 saturated carbocycles. The minimum atomic E-state index is -0.376. The largest absolute Gasteiger partial charge is 0.497 e. The summed E-state index contributed by atoms with van der Waals surface area (Å²) in [4.78, 5) is 2.29. The van der Waals surface area contributed by atoms with Gasteiger partial charge in [-0.1, -0.05) is 17.3 Å². The van der Waals surface area contributed by atoms with Crippen LogP contribution >= 0.6 is 0 Å². The van der Waals surface area contributed by atoms with Gasteiger partial charge in [-0.05, 0) is 37.1 Å². The van der Waals surface area contributed by atoms with E-state index in [1.807, 2.05) is 18.3 Å². The molecule has 0 aliphatic carbocycles. The Morgan fingerprint density at radius 2 is 2.27 bits per heavy atom. The molecule has 2 heterocycles. The fourth-order valence-electron chi connectivity index (χ4n) is 3.02. The predicted molar refractivity (Wildman–Crippen MR) is 82.8 cm³/mol. The summed E-state index contributed by atoms with van der Waals surface area (Å²) >= 11 is 0. The standard InChI is InChI=1S/C16H22N4O2/c1-22-14-6-2-4-13(10-14)5-3-8-19-11-15(16(21)12-19)20-9-7-17-18-20/h2,4,6-7,9-10,15-16,21H,3,5,8,11-12H2,1H3/t15-,16-/m1/s1. The van der Waals surface area contributed by atoms with Crippen LogP contribution in [0.4, 0.5) is 0 Å². The Balaban J connectivity index is 1.48. The number of nitrogens with zero attached hydrogens (tertiary/aromatic N) is 4. The molecular formula is C16H22N4O2. The molecule has 1 aliphatic heterocycles. The lowest BCUT2D eigenvalue weighted by Crippen LogP contribution is -2.23. The number of hydrogen-bond donors (Lipinski definition) is 1. The third-order valence-corrected chi connectivity index (χ3v) is 4.19. The van der Waals surface area contributed by atoms with E-state index in [0.29, 0.717) is 6.54 Å². The maximum atomic E-state index is 10.2. The van der Waals surface area contributed by atoms with E-state index in [2.05, 4.69) is 27.3 Å². The number of likely N-dealkylation sites (tertiary alicyclic amines) is 1. The van der Waals surface area contributed by atoms with Crippen LogP contribution in [0, 0.1) is 0 Å². The average molecular weight is 302 g/mol. The van der Waals surface area contributed by atoms with Crippen LogP contribution in [0.5, 0.6) is 5.75 Å². The van der Waals surface area contributed by atoms with Gasteiger partial charge in [0, 0.05) is 19.3 Å². The number of aryl methyl sites for hydroxylation is 1. The van der Waals surface area contributed by atoms with Crippen molar-refractivity contribution in [1.82, 2.24) is 19.9 Å². The van der Waals surface area contributed by atoms with Crippen LogP contribution in [-0.4, -0.2) is 57.8 Å². The summed E-state index contributed by atoms with van der Waals surface area (Å²) in [7, 11) is 1.69. The summed E-state index contributed by atoms with van der Waals surface area (Å²) in [5.74, 6) is 0.903. The summed E-state index contributed by atoms with van der Waals surface area (Å²) in [6.45, 7) is 2.49. The van der Waals surface area contributed by atoms with E-state index in [-0.39, 0.29) is 12.1 Å². The third-order valence-electron chi connectivity index (χ3n) is 4.19. The first-order valence-electron chi connectivity index (χ1n) is 7.65. The zero-order chi connectivity index (χ0) is 15.4. The van der Waals surface area contributed by atoms with Gasteiger partial charge in [-0.15, -0.1) is 5.10 Å². The lowest BCUT2D eigenvalue weighted by molar-refractivity contribution is 0.138. The normalized spacial score (nSPS) is 22.1. The molecule has 0 spiro atoms. The van der Waals surface area contributed by atoms with Crippen molar-refractivity contribution in [1.29, 1.82) is 0 Å². The molecular weight excluding hydrogens is 280 g/mol. The summed E-state index contributed by atoms with van der Waals surface area (Å²) in [5, 5.41) is 18.0. The Bertz CT molecular complexity index is 588. The zero-order valence-corrected chi connectivity index (χ0v) is 12.8.